The number of benzene rings is 1. The van der Waals surface area contributed by atoms with Crippen LogP contribution in [-0.2, 0) is 0 Å². The van der Waals surface area contributed by atoms with E-state index in [1.807, 2.05) is 0 Å². The first-order valence-corrected chi connectivity index (χ1v) is 7.14. The van der Waals surface area contributed by atoms with Gasteiger partial charge in [-0.25, -0.2) is 0 Å². The minimum Gasteiger partial charge on any atom is -0.307 e. The first-order chi connectivity index (χ1) is 8.33. The number of hydrogen-bond donors (Lipinski definition) is 1. The van der Waals surface area contributed by atoms with Gasteiger partial charge in [0.1, 0.15) is 0 Å². The summed E-state index contributed by atoms with van der Waals surface area (Å²) < 4.78 is 0. The molecule has 3 atom stereocenters. The zero-order valence-corrected chi connectivity index (χ0v) is 10.7. The standard InChI is InChI=1S/C16H23N/c1-12-7-10-15(11-12)17-16(14-8-9-14)13-5-3-2-4-6-13/h2-6,12,14-17H,7-11H2,1H3. The van der Waals surface area contributed by atoms with E-state index < -0.39 is 0 Å². The molecule has 92 valence electrons. The molecule has 3 rings (SSSR count). The highest BCUT2D eigenvalue weighted by atomic mass is 15.0. The maximum Gasteiger partial charge on any atom is 0.0351 e. The molecule has 0 spiro atoms. The third-order valence-electron chi connectivity index (χ3n) is 4.36. The summed E-state index contributed by atoms with van der Waals surface area (Å²) in [4.78, 5) is 0. The molecule has 1 aromatic carbocycles. The molecule has 0 aromatic heterocycles. The van der Waals surface area contributed by atoms with Crippen molar-refractivity contribution in [3.63, 3.8) is 0 Å². The molecule has 1 heteroatoms. The van der Waals surface area contributed by atoms with Gasteiger partial charge in [-0.1, -0.05) is 37.3 Å². The second-order valence-corrected chi connectivity index (χ2v) is 6.01. The predicted octanol–water partition coefficient (Wildman–Crippen LogP) is 3.92. The van der Waals surface area contributed by atoms with Crippen molar-refractivity contribution in [2.24, 2.45) is 11.8 Å². The Morgan fingerprint density at radius 1 is 1.06 bits per heavy atom. The van der Waals surface area contributed by atoms with Crippen molar-refractivity contribution < 1.29 is 0 Å². The first kappa shape index (κ1) is 11.3. The fourth-order valence-corrected chi connectivity index (χ4v) is 3.21. The summed E-state index contributed by atoms with van der Waals surface area (Å²) in [7, 11) is 0. The molecule has 0 aliphatic heterocycles. The Bertz CT molecular complexity index is 355. The Labute approximate surface area is 105 Å². The fraction of sp³-hybridized carbons (Fsp3) is 0.625. The van der Waals surface area contributed by atoms with Crippen LogP contribution in [0.4, 0.5) is 0 Å². The summed E-state index contributed by atoms with van der Waals surface area (Å²) in [6.45, 7) is 2.39. The van der Waals surface area contributed by atoms with Crippen molar-refractivity contribution in [3.8, 4) is 0 Å². The van der Waals surface area contributed by atoms with Crippen molar-refractivity contribution in [2.75, 3.05) is 0 Å². The summed E-state index contributed by atoms with van der Waals surface area (Å²) in [6.07, 6.45) is 6.97. The molecule has 0 saturated heterocycles. The van der Waals surface area contributed by atoms with Crippen molar-refractivity contribution in [1.82, 2.24) is 5.32 Å². The lowest BCUT2D eigenvalue weighted by atomic mass is 10.0. The minimum absolute atomic E-state index is 0.617. The SMILES string of the molecule is CC1CCC(NC(c2ccccc2)C2CC2)C1. The van der Waals surface area contributed by atoms with Gasteiger partial charge >= 0.3 is 0 Å². The predicted molar refractivity (Wildman–Crippen MR) is 71.8 cm³/mol. The van der Waals surface area contributed by atoms with Gasteiger partial charge < -0.3 is 5.32 Å². The second kappa shape index (κ2) is 4.81. The zero-order chi connectivity index (χ0) is 11.7. The van der Waals surface area contributed by atoms with Crippen LogP contribution in [0.25, 0.3) is 0 Å². The number of nitrogens with one attached hydrogen (secondary N) is 1. The third kappa shape index (κ3) is 2.71. The molecule has 1 nitrogen and oxygen atoms in total. The summed E-state index contributed by atoms with van der Waals surface area (Å²) >= 11 is 0. The maximum atomic E-state index is 3.92. The second-order valence-electron chi connectivity index (χ2n) is 6.01. The maximum absolute atomic E-state index is 3.92. The highest BCUT2D eigenvalue weighted by Crippen LogP contribution is 2.42. The van der Waals surface area contributed by atoms with Crippen molar-refractivity contribution in [1.29, 1.82) is 0 Å². The van der Waals surface area contributed by atoms with Gasteiger partial charge in [0.05, 0.1) is 0 Å². The van der Waals surface area contributed by atoms with E-state index in [0.29, 0.717) is 6.04 Å². The quantitative estimate of drug-likeness (QED) is 0.825. The number of hydrogen-bond acceptors (Lipinski definition) is 1. The van der Waals surface area contributed by atoms with E-state index in [9.17, 15) is 0 Å². The van der Waals surface area contributed by atoms with Crippen LogP contribution >= 0.6 is 0 Å². The van der Waals surface area contributed by atoms with Gasteiger partial charge in [0.15, 0.2) is 0 Å². The Morgan fingerprint density at radius 2 is 1.82 bits per heavy atom. The highest BCUT2D eigenvalue weighted by Gasteiger charge is 2.34. The van der Waals surface area contributed by atoms with Crippen LogP contribution in [0, 0.1) is 11.8 Å². The van der Waals surface area contributed by atoms with Crippen molar-refractivity contribution >= 4 is 0 Å². The molecule has 0 bridgehead atoms. The Balaban J connectivity index is 1.68. The fourth-order valence-electron chi connectivity index (χ4n) is 3.21. The van der Waals surface area contributed by atoms with Gasteiger partial charge in [-0.3, -0.25) is 0 Å². The molecule has 17 heavy (non-hydrogen) atoms. The average molecular weight is 229 g/mol. The number of rotatable bonds is 4. The van der Waals surface area contributed by atoms with Gasteiger partial charge in [0.2, 0.25) is 0 Å². The molecule has 1 aromatic rings. The topological polar surface area (TPSA) is 12.0 Å². The van der Waals surface area contributed by atoms with Crippen LogP contribution in [0.5, 0.6) is 0 Å². The van der Waals surface area contributed by atoms with Crippen molar-refractivity contribution in [3.05, 3.63) is 35.9 Å². The Hall–Kier alpha value is -0.820. The summed E-state index contributed by atoms with van der Waals surface area (Å²) in [6, 6.07) is 12.4. The third-order valence-corrected chi connectivity index (χ3v) is 4.36. The van der Waals surface area contributed by atoms with Gasteiger partial charge in [-0.2, -0.15) is 0 Å². The van der Waals surface area contributed by atoms with E-state index in [4.69, 9.17) is 0 Å². The zero-order valence-electron chi connectivity index (χ0n) is 10.7. The van der Waals surface area contributed by atoms with Crippen LogP contribution in [0.1, 0.15) is 50.6 Å². The van der Waals surface area contributed by atoms with E-state index in [-0.39, 0.29) is 0 Å². The van der Waals surface area contributed by atoms with Crippen LogP contribution in [-0.4, -0.2) is 6.04 Å². The van der Waals surface area contributed by atoms with E-state index in [1.54, 1.807) is 0 Å². The molecule has 3 unspecified atom stereocenters. The van der Waals surface area contributed by atoms with Crippen molar-refractivity contribution in [2.45, 2.75) is 51.1 Å². The summed E-state index contributed by atoms with van der Waals surface area (Å²) in [5.74, 6) is 1.82. The van der Waals surface area contributed by atoms with Crippen LogP contribution in [0.2, 0.25) is 0 Å². The normalized spacial score (nSPS) is 30.4. The Morgan fingerprint density at radius 3 is 2.41 bits per heavy atom. The van der Waals surface area contributed by atoms with E-state index in [2.05, 4.69) is 42.6 Å². The average Bonchev–Trinajstić information content (AvgIpc) is 3.11. The molecule has 1 N–H and O–H groups in total. The molecular formula is C16H23N. The smallest absolute Gasteiger partial charge is 0.0351 e. The molecule has 0 radical (unpaired) electrons. The van der Waals surface area contributed by atoms with E-state index in [0.717, 1.165) is 17.9 Å². The molecule has 0 amide bonds. The van der Waals surface area contributed by atoms with Gasteiger partial charge in [-0.15, -0.1) is 0 Å². The van der Waals surface area contributed by atoms with Crippen LogP contribution < -0.4 is 5.32 Å². The molecule has 2 saturated carbocycles. The van der Waals surface area contributed by atoms with E-state index >= 15 is 0 Å². The van der Waals surface area contributed by atoms with E-state index in [1.165, 1.54) is 37.7 Å². The highest BCUT2D eigenvalue weighted by molar-refractivity contribution is 5.21. The lowest BCUT2D eigenvalue weighted by Gasteiger charge is -2.23. The molecule has 2 fully saturated rings. The monoisotopic (exact) mass is 229 g/mol. The first-order valence-electron chi connectivity index (χ1n) is 7.14. The lowest BCUT2D eigenvalue weighted by Crippen LogP contribution is -2.32. The molecular weight excluding hydrogens is 206 g/mol. The largest absolute Gasteiger partial charge is 0.307 e. The lowest BCUT2D eigenvalue weighted by molar-refractivity contribution is 0.399. The molecule has 0 heterocycles. The minimum atomic E-state index is 0.617. The van der Waals surface area contributed by atoms with Gasteiger partial charge in [0.25, 0.3) is 0 Å². The van der Waals surface area contributed by atoms with Crippen LogP contribution in [0.15, 0.2) is 30.3 Å². The Kier molecular flexibility index (Phi) is 3.19. The molecule has 2 aliphatic carbocycles. The molecule has 2 aliphatic rings. The van der Waals surface area contributed by atoms with Gasteiger partial charge in [0, 0.05) is 12.1 Å². The van der Waals surface area contributed by atoms with Gasteiger partial charge in [-0.05, 0) is 49.5 Å². The summed E-state index contributed by atoms with van der Waals surface area (Å²) in [5.41, 5.74) is 1.49. The van der Waals surface area contributed by atoms with Crippen LogP contribution in [0.3, 0.4) is 0 Å². The summed E-state index contributed by atoms with van der Waals surface area (Å²) in [5, 5.41) is 3.92.